The number of anilines is 1. The highest BCUT2D eigenvalue weighted by molar-refractivity contribution is 5.89. The van der Waals surface area contributed by atoms with E-state index in [0.717, 1.165) is 6.07 Å². The molecule has 1 aromatic rings. The van der Waals surface area contributed by atoms with Gasteiger partial charge in [0, 0.05) is 18.3 Å². The van der Waals surface area contributed by atoms with Gasteiger partial charge in [-0.3, -0.25) is 4.79 Å². The van der Waals surface area contributed by atoms with E-state index in [1.807, 2.05) is 0 Å². The fourth-order valence-electron chi connectivity index (χ4n) is 1.57. The summed E-state index contributed by atoms with van der Waals surface area (Å²) in [6, 6.07) is 3.11. The number of aliphatic hydroxyl groups is 1. The van der Waals surface area contributed by atoms with Crippen molar-refractivity contribution in [1.29, 1.82) is 0 Å². The molecule has 0 fully saturated rings. The van der Waals surface area contributed by atoms with Crippen molar-refractivity contribution >= 4 is 17.7 Å². The smallest absolute Gasteiger partial charge is 0.319 e. The lowest BCUT2D eigenvalue weighted by Gasteiger charge is -2.21. The number of methoxy groups -OCH3 is 1. The third-order valence-corrected chi connectivity index (χ3v) is 2.57. The van der Waals surface area contributed by atoms with Crippen molar-refractivity contribution in [2.45, 2.75) is 18.9 Å². The number of carbonyl (C=O) groups excluding carboxylic acids is 1. The zero-order chi connectivity index (χ0) is 16.0. The van der Waals surface area contributed by atoms with Crippen molar-refractivity contribution in [2.24, 2.45) is 0 Å². The van der Waals surface area contributed by atoms with E-state index in [1.165, 1.54) is 26.2 Å². The van der Waals surface area contributed by atoms with Gasteiger partial charge < -0.3 is 25.6 Å². The minimum absolute atomic E-state index is 0.0225. The molecule has 0 saturated heterocycles. The molecule has 0 radical (unpaired) electrons. The molecule has 0 heterocycles. The minimum Gasteiger partial charge on any atom is -0.494 e. The van der Waals surface area contributed by atoms with Gasteiger partial charge in [0.2, 0.25) is 0 Å². The summed E-state index contributed by atoms with van der Waals surface area (Å²) in [6.45, 7) is 1.05. The molecule has 0 aliphatic rings. The van der Waals surface area contributed by atoms with E-state index in [1.54, 1.807) is 0 Å². The zero-order valence-corrected chi connectivity index (χ0v) is 11.6. The molecule has 1 atom stereocenters. The number of benzene rings is 1. The summed E-state index contributed by atoms with van der Waals surface area (Å²) in [5.74, 6) is -1.76. The molecule has 1 rings (SSSR count). The van der Waals surface area contributed by atoms with Crippen LogP contribution < -0.4 is 15.4 Å². The molecule has 0 aromatic heterocycles. The number of aliphatic carboxylic acids is 1. The molecule has 0 saturated carbocycles. The van der Waals surface area contributed by atoms with Crippen LogP contribution in [0, 0.1) is 5.82 Å². The molecule has 0 aliphatic heterocycles. The molecule has 0 aliphatic carbocycles. The lowest BCUT2D eigenvalue weighted by Crippen LogP contribution is -2.43. The zero-order valence-electron chi connectivity index (χ0n) is 11.6. The molecule has 2 amide bonds. The third-order valence-electron chi connectivity index (χ3n) is 2.57. The van der Waals surface area contributed by atoms with Gasteiger partial charge in [-0.2, -0.15) is 0 Å². The molecule has 21 heavy (non-hydrogen) atoms. The Morgan fingerprint density at radius 3 is 2.67 bits per heavy atom. The average Bonchev–Trinajstić information content (AvgIpc) is 2.37. The molecule has 7 nitrogen and oxygen atoms in total. The topological polar surface area (TPSA) is 108 Å². The first-order chi connectivity index (χ1) is 9.73. The summed E-state index contributed by atoms with van der Waals surface area (Å²) >= 11 is 0. The van der Waals surface area contributed by atoms with E-state index in [0.29, 0.717) is 5.69 Å². The number of amides is 2. The largest absolute Gasteiger partial charge is 0.494 e. The predicted octanol–water partition coefficient (Wildman–Crippen LogP) is 1.18. The molecule has 1 aromatic carbocycles. The van der Waals surface area contributed by atoms with Crippen molar-refractivity contribution in [3.8, 4) is 5.75 Å². The maximum Gasteiger partial charge on any atom is 0.319 e. The van der Waals surface area contributed by atoms with Crippen LogP contribution in [-0.4, -0.2) is 41.5 Å². The van der Waals surface area contributed by atoms with Gasteiger partial charge in [0.25, 0.3) is 0 Å². The summed E-state index contributed by atoms with van der Waals surface area (Å²) < 4.78 is 18.0. The van der Waals surface area contributed by atoms with Crippen molar-refractivity contribution < 1.29 is 28.9 Å². The van der Waals surface area contributed by atoms with Crippen molar-refractivity contribution in [3.05, 3.63) is 24.0 Å². The van der Waals surface area contributed by atoms with Gasteiger partial charge in [-0.25, -0.2) is 9.18 Å². The predicted molar refractivity (Wildman–Crippen MR) is 72.9 cm³/mol. The molecule has 4 N–H and O–H groups in total. The van der Waals surface area contributed by atoms with Crippen LogP contribution in [0.1, 0.15) is 13.3 Å². The van der Waals surface area contributed by atoms with E-state index < -0.39 is 29.8 Å². The highest BCUT2D eigenvalue weighted by atomic mass is 19.1. The number of hydrogen-bond acceptors (Lipinski definition) is 4. The van der Waals surface area contributed by atoms with E-state index in [2.05, 4.69) is 10.6 Å². The van der Waals surface area contributed by atoms with Gasteiger partial charge in [0.15, 0.2) is 11.6 Å². The second kappa shape index (κ2) is 6.89. The van der Waals surface area contributed by atoms with Crippen LogP contribution in [0.2, 0.25) is 0 Å². The number of carbonyl (C=O) groups is 2. The van der Waals surface area contributed by atoms with Crippen molar-refractivity contribution in [1.82, 2.24) is 5.32 Å². The van der Waals surface area contributed by atoms with Gasteiger partial charge >= 0.3 is 12.0 Å². The van der Waals surface area contributed by atoms with Crippen LogP contribution >= 0.6 is 0 Å². The number of carboxylic acid groups (broad SMARTS) is 1. The Hall–Kier alpha value is -2.35. The number of carboxylic acids is 1. The van der Waals surface area contributed by atoms with Gasteiger partial charge in [-0.1, -0.05) is 0 Å². The number of urea groups is 1. The number of hydrogen-bond donors (Lipinski definition) is 4. The van der Waals surface area contributed by atoms with Crippen LogP contribution in [0.3, 0.4) is 0 Å². The lowest BCUT2D eigenvalue weighted by molar-refractivity contribution is -0.141. The van der Waals surface area contributed by atoms with Gasteiger partial charge in [-0.15, -0.1) is 0 Å². The molecular weight excluding hydrogens is 283 g/mol. The Morgan fingerprint density at radius 2 is 2.10 bits per heavy atom. The second-order valence-corrected chi connectivity index (χ2v) is 4.72. The molecule has 0 bridgehead atoms. The number of ether oxygens (including phenoxy) is 1. The second-order valence-electron chi connectivity index (χ2n) is 4.72. The molecule has 0 spiro atoms. The van der Waals surface area contributed by atoms with Crippen LogP contribution in [0.5, 0.6) is 5.75 Å². The number of halogens is 1. The van der Waals surface area contributed by atoms with Gasteiger partial charge in [0.05, 0.1) is 19.1 Å². The van der Waals surface area contributed by atoms with Crippen LogP contribution in [0.25, 0.3) is 0 Å². The summed E-state index contributed by atoms with van der Waals surface area (Å²) in [7, 11) is 1.30. The van der Waals surface area contributed by atoms with E-state index in [4.69, 9.17) is 9.84 Å². The minimum atomic E-state index is -1.57. The molecular formula is C13H17FN2O5. The standard InChI is InChI=1S/C13H17FN2O5/c1-13(20,6-11(17)18)7-15-12(19)16-8-3-4-9(14)10(5-8)21-2/h3-5,20H,6-7H2,1-2H3,(H,17,18)(H2,15,16,19). The molecule has 1 unspecified atom stereocenters. The molecule has 116 valence electrons. The maximum atomic E-state index is 13.2. The van der Waals surface area contributed by atoms with Crippen LogP contribution in [0.4, 0.5) is 14.9 Å². The van der Waals surface area contributed by atoms with E-state index in [-0.39, 0.29) is 12.3 Å². The van der Waals surface area contributed by atoms with Crippen LogP contribution in [-0.2, 0) is 4.79 Å². The lowest BCUT2D eigenvalue weighted by atomic mass is 10.0. The monoisotopic (exact) mass is 300 g/mol. The summed E-state index contributed by atoms with van der Waals surface area (Å²) in [5.41, 5.74) is -1.27. The first kappa shape index (κ1) is 16.7. The van der Waals surface area contributed by atoms with E-state index in [9.17, 15) is 19.1 Å². The fourth-order valence-corrected chi connectivity index (χ4v) is 1.57. The average molecular weight is 300 g/mol. The number of nitrogens with one attached hydrogen (secondary N) is 2. The van der Waals surface area contributed by atoms with Crippen LogP contribution in [0.15, 0.2) is 18.2 Å². The van der Waals surface area contributed by atoms with Gasteiger partial charge in [0.1, 0.15) is 0 Å². The fraction of sp³-hybridized carbons (Fsp3) is 0.385. The van der Waals surface area contributed by atoms with Gasteiger partial charge in [-0.05, 0) is 19.1 Å². The first-order valence-corrected chi connectivity index (χ1v) is 6.06. The summed E-state index contributed by atoms with van der Waals surface area (Å²) in [6.07, 6.45) is -0.502. The first-order valence-electron chi connectivity index (χ1n) is 6.06. The van der Waals surface area contributed by atoms with Crippen molar-refractivity contribution in [2.75, 3.05) is 19.0 Å². The summed E-state index contributed by atoms with van der Waals surface area (Å²) in [5, 5.41) is 23.1. The SMILES string of the molecule is COc1cc(NC(=O)NCC(C)(O)CC(=O)O)ccc1F. The Balaban J connectivity index is 2.56. The quantitative estimate of drug-likeness (QED) is 0.631. The number of rotatable bonds is 6. The third kappa shape index (κ3) is 5.65. The van der Waals surface area contributed by atoms with Crippen molar-refractivity contribution in [3.63, 3.8) is 0 Å². The highest BCUT2D eigenvalue weighted by Crippen LogP contribution is 2.21. The Morgan fingerprint density at radius 1 is 1.43 bits per heavy atom. The molecule has 8 heteroatoms. The maximum absolute atomic E-state index is 13.2. The normalized spacial score (nSPS) is 13.1. The Kier molecular flexibility index (Phi) is 5.48. The van der Waals surface area contributed by atoms with E-state index >= 15 is 0 Å². The highest BCUT2D eigenvalue weighted by Gasteiger charge is 2.24. The summed E-state index contributed by atoms with van der Waals surface area (Å²) in [4.78, 5) is 22.1. The Labute approximate surface area is 120 Å². The Bertz CT molecular complexity index is 533.